The molecule has 0 unspecified atom stereocenters. The summed E-state index contributed by atoms with van der Waals surface area (Å²) < 4.78 is 33.0. The first kappa shape index (κ1) is 25.0. The van der Waals surface area contributed by atoms with Gasteiger partial charge in [-0.2, -0.15) is 4.31 Å². The minimum absolute atomic E-state index is 0.0553. The van der Waals surface area contributed by atoms with Gasteiger partial charge in [0.1, 0.15) is 0 Å². The number of carbonyl (C=O) groups is 2. The molecular formula is C23H28ClN3O5S. The van der Waals surface area contributed by atoms with Crippen LogP contribution in [0.25, 0.3) is 0 Å². The van der Waals surface area contributed by atoms with Gasteiger partial charge in [-0.05, 0) is 43.7 Å². The lowest BCUT2D eigenvalue weighted by Gasteiger charge is -2.35. The molecule has 0 N–H and O–H groups in total. The first-order valence-corrected chi connectivity index (χ1v) is 12.5. The number of amides is 2. The fraction of sp³-hybridized carbons (Fsp3) is 0.391. The molecule has 0 aromatic heterocycles. The molecule has 3 rings (SSSR count). The summed E-state index contributed by atoms with van der Waals surface area (Å²) in [6, 6.07) is 13.4. The van der Waals surface area contributed by atoms with Gasteiger partial charge in [0.2, 0.25) is 15.9 Å². The molecule has 2 aromatic carbocycles. The van der Waals surface area contributed by atoms with Gasteiger partial charge in [0, 0.05) is 37.7 Å². The number of ether oxygens (including phenoxy) is 1. The van der Waals surface area contributed by atoms with Crippen molar-refractivity contribution in [1.29, 1.82) is 0 Å². The summed E-state index contributed by atoms with van der Waals surface area (Å²) in [5.41, 5.74) is 1.83. The van der Waals surface area contributed by atoms with Crippen LogP contribution in [-0.2, 0) is 26.1 Å². The van der Waals surface area contributed by atoms with Gasteiger partial charge in [0.05, 0.1) is 18.0 Å². The number of halogens is 1. The third kappa shape index (κ3) is 6.46. The van der Waals surface area contributed by atoms with Crippen molar-refractivity contribution in [3.8, 4) is 0 Å². The second kappa shape index (κ2) is 11.0. The van der Waals surface area contributed by atoms with Crippen LogP contribution < -0.4 is 0 Å². The molecule has 1 fully saturated rings. The molecule has 0 saturated carbocycles. The van der Waals surface area contributed by atoms with Gasteiger partial charge in [-0.1, -0.05) is 41.4 Å². The van der Waals surface area contributed by atoms with Crippen LogP contribution in [0.1, 0.15) is 18.1 Å². The number of aryl methyl sites for hydroxylation is 1. The molecule has 0 bridgehead atoms. The van der Waals surface area contributed by atoms with Crippen LogP contribution in [0.2, 0.25) is 5.02 Å². The Morgan fingerprint density at radius 3 is 2.12 bits per heavy atom. The first-order chi connectivity index (χ1) is 15.7. The second-order valence-corrected chi connectivity index (χ2v) is 10.2. The van der Waals surface area contributed by atoms with E-state index in [0.717, 1.165) is 11.1 Å². The number of nitrogens with zero attached hydrogens (tertiary/aromatic N) is 3. The van der Waals surface area contributed by atoms with Crippen molar-refractivity contribution in [2.75, 3.05) is 39.3 Å². The van der Waals surface area contributed by atoms with Crippen molar-refractivity contribution >= 4 is 33.6 Å². The highest BCUT2D eigenvalue weighted by molar-refractivity contribution is 7.89. The molecule has 2 aromatic rings. The van der Waals surface area contributed by atoms with Gasteiger partial charge in [0.25, 0.3) is 0 Å². The SMILES string of the molecule is CCOC(=O)N1CCN(C(=O)CN(Cc2ccc(C)cc2)S(=O)(=O)c2ccc(Cl)cc2)CC1. The Labute approximate surface area is 199 Å². The van der Waals surface area contributed by atoms with Gasteiger partial charge < -0.3 is 14.5 Å². The van der Waals surface area contributed by atoms with E-state index in [2.05, 4.69) is 0 Å². The molecule has 1 saturated heterocycles. The largest absolute Gasteiger partial charge is 0.450 e. The van der Waals surface area contributed by atoms with Gasteiger partial charge in [0.15, 0.2) is 0 Å². The molecule has 1 aliphatic heterocycles. The molecule has 0 radical (unpaired) electrons. The molecule has 1 heterocycles. The quantitative estimate of drug-likeness (QED) is 0.591. The summed E-state index contributed by atoms with van der Waals surface area (Å²) in [6.45, 7) is 5.03. The molecule has 2 amide bonds. The van der Waals surface area contributed by atoms with Crippen molar-refractivity contribution in [2.24, 2.45) is 0 Å². The molecule has 0 atom stereocenters. The maximum absolute atomic E-state index is 13.4. The highest BCUT2D eigenvalue weighted by Crippen LogP contribution is 2.21. The van der Waals surface area contributed by atoms with Crippen molar-refractivity contribution in [2.45, 2.75) is 25.3 Å². The molecule has 8 nitrogen and oxygen atoms in total. The van der Waals surface area contributed by atoms with Crippen LogP contribution in [-0.4, -0.2) is 73.9 Å². The van der Waals surface area contributed by atoms with E-state index in [1.165, 1.54) is 28.6 Å². The van der Waals surface area contributed by atoms with Crippen LogP contribution >= 0.6 is 11.6 Å². The Morgan fingerprint density at radius 1 is 0.970 bits per heavy atom. The smallest absolute Gasteiger partial charge is 0.409 e. The summed E-state index contributed by atoms with van der Waals surface area (Å²) in [6.07, 6.45) is -0.407. The van der Waals surface area contributed by atoms with Gasteiger partial charge in [-0.3, -0.25) is 4.79 Å². The number of benzene rings is 2. The summed E-state index contributed by atoms with van der Waals surface area (Å²) >= 11 is 5.92. The predicted octanol–water partition coefficient (Wildman–Crippen LogP) is 3.14. The molecular weight excluding hydrogens is 466 g/mol. The summed E-state index contributed by atoms with van der Waals surface area (Å²) in [7, 11) is -3.95. The lowest BCUT2D eigenvalue weighted by molar-refractivity contribution is -0.133. The van der Waals surface area contributed by atoms with Crippen molar-refractivity contribution in [3.05, 3.63) is 64.7 Å². The summed E-state index contributed by atoms with van der Waals surface area (Å²) in [4.78, 5) is 28.1. The molecule has 0 aliphatic carbocycles. The van der Waals surface area contributed by atoms with Crippen LogP contribution in [0, 0.1) is 6.92 Å². The number of sulfonamides is 1. The summed E-state index contributed by atoms with van der Waals surface area (Å²) in [5, 5.41) is 0.426. The number of carbonyl (C=O) groups excluding carboxylic acids is 2. The topological polar surface area (TPSA) is 87.2 Å². The van der Waals surface area contributed by atoms with Gasteiger partial charge >= 0.3 is 6.09 Å². The van der Waals surface area contributed by atoms with E-state index in [1.54, 1.807) is 16.7 Å². The van der Waals surface area contributed by atoms with Gasteiger partial charge in [-0.15, -0.1) is 0 Å². The van der Waals surface area contributed by atoms with Crippen LogP contribution in [0.15, 0.2) is 53.4 Å². The average Bonchev–Trinajstić information content (AvgIpc) is 2.80. The Morgan fingerprint density at radius 2 is 1.55 bits per heavy atom. The molecule has 1 aliphatic rings. The zero-order valence-corrected chi connectivity index (χ0v) is 20.3. The average molecular weight is 494 g/mol. The van der Waals surface area contributed by atoms with Crippen molar-refractivity contribution < 1.29 is 22.7 Å². The fourth-order valence-corrected chi connectivity index (χ4v) is 4.99. The zero-order chi connectivity index (χ0) is 24.0. The maximum Gasteiger partial charge on any atom is 0.409 e. The maximum atomic E-state index is 13.4. The second-order valence-electron chi connectivity index (χ2n) is 7.78. The molecule has 10 heteroatoms. The van der Waals surface area contributed by atoms with E-state index >= 15 is 0 Å². The third-order valence-corrected chi connectivity index (χ3v) is 7.46. The number of rotatable bonds is 7. The number of piperazine rings is 1. The van der Waals surface area contributed by atoms with Crippen LogP contribution in [0.3, 0.4) is 0 Å². The Hall–Kier alpha value is -2.62. The lowest BCUT2D eigenvalue weighted by atomic mass is 10.1. The first-order valence-electron chi connectivity index (χ1n) is 10.7. The normalized spacial score (nSPS) is 14.4. The standard InChI is InChI=1S/C23H28ClN3O5S/c1-3-32-23(29)26-14-12-25(13-15-26)22(28)17-27(16-19-6-4-18(2)5-7-19)33(30,31)21-10-8-20(24)9-11-21/h4-11H,3,12-17H2,1-2H3. The van der Waals surface area contributed by atoms with E-state index in [4.69, 9.17) is 16.3 Å². The lowest BCUT2D eigenvalue weighted by Crippen LogP contribution is -2.53. The summed E-state index contributed by atoms with van der Waals surface area (Å²) in [5.74, 6) is -0.317. The minimum atomic E-state index is -3.95. The number of hydrogen-bond acceptors (Lipinski definition) is 5. The van der Waals surface area contributed by atoms with E-state index in [-0.39, 0.29) is 30.5 Å². The number of hydrogen-bond donors (Lipinski definition) is 0. The Kier molecular flexibility index (Phi) is 8.34. The van der Waals surface area contributed by atoms with Crippen LogP contribution in [0.4, 0.5) is 4.79 Å². The Balaban J connectivity index is 1.76. The molecule has 178 valence electrons. The van der Waals surface area contributed by atoms with Crippen LogP contribution in [0.5, 0.6) is 0 Å². The fourth-order valence-electron chi connectivity index (χ4n) is 3.48. The van der Waals surface area contributed by atoms with Gasteiger partial charge in [-0.25, -0.2) is 13.2 Å². The predicted molar refractivity (Wildman–Crippen MR) is 125 cm³/mol. The highest BCUT2D eigenvalue weighted by Gasteiger charge is 2.31. The third-order valence-electron chi connectivity index (χ3n) is 5.40. The van der Waals surface area contributed by atoms with E-state index in [0.29, 0.717) is 31.2 Å². The van der Waals surface area contributed by atoms with E-state index < -0.39 is 16.1 Å². The Bertz CT molecular complexity index is 1070. The van der Waals surface area contributed by atoms with Crippen molar-refractivity contribution in [3.63, 3.8) is 0 Å². The monoisotopic (exact) mass is 493 g/mol. The molecule has 33 heavy (non-hydrogen) atoms. The van der Waals surface area contributed by atoms with Crippen molar-refractivity contribution in [1.82, 2.24) is 14.1 Å². The molecule has 0 spiro atoms. The van der Waals surface area contributed by atoms with E-state index in [9.17, 15) is 18.0 Å². The van der Waals surface area contributed by atoms with E-state index in [1.807, 2.05) is 31.2 Å². The minimum Gasteiger partial charge on any atom is -0.450 e. The zero-order valence-electron chi connectivity index (χ0n) is 18.7. The highest BCUT2D eigenvalue weighted by atomic mass is 35.5.